The van der Waals surface area contributed by atoms with Gasteiger partial charge in [-0.1, -0.05) is 6.92 Å². The van der Waals surface area contributed by atoms with Crippen LogP contribution in [0.15, 0.2) is 6.20 Å². The van der Waals surface area contributed by atoms with Crippen LogP contribution in [0.5, 0.6) is 5.75 Å². The standard InChI is InChI=1S/C14H22N2O3/c1-6-14(4,13(17)18)16-8-11-10(3)12(19-5)9(2)7-15-11/h7,16H,6,8H2,1-5H3,(H,17,18). The summed E-state index contributed by atoms with van der Waals surface area (Å²) in [7, 11) is 1.62. The summed E-state index contributed by atoms with van der Waals surface area (Å²) in [5.41, 5.74) is 1.79. The van der Waals surface area contributed by atoms with Crippen LogP contribution in [0.1, 0.15) is 37.1 Å². The maximum Gasteiger partial charge on any atom is 0.323 e. The van der Waals surface area contributed by atoms with E-state index >= 15 is 0 Å². The molecule has 1 atom stereocenters. The summed E-state index contributed by atoms with van der Waals surface area (Å²) in [6.07, 6.45) is 2.25. The van der Waals surface area contributed by atoms with Crippen LogP contribution in [0.4, 0.5) is 0 Å². The molecule has 0 aliphatic carbocycles. The minimum Gasteiger partial charge on any atom is -0.496 e. The number of rotatable bonds is 6. The SMILES string of the molecule is CCC(C)(NCc1ncc(C)c(OC)c1C)C(=O)O. The Labute approximate surface area is 114 Å². The Morgan fingerprint density at radius 3 is 2.63 bits per heavy atom. The number of aromatic nitrogens is 1. The molecule has 0 radical (unpaired) electrons. The number of hydrogen-bond donors (Lipinski definition) is 2. The molecule has 1 rings (SSSR count). The molecule has 1 aromatic heterocycles. The zero-order chi connectivity index (χ0) is 14.6. The van der Waals surface area contributed by atoms with E-state index in [2.05, 4.69) is 10.3 Å². The smallest absolute Gasteiger partial charge is 0.323 e. The Balaban J connectivity index is 2.93. The number of ether oxygens (including phenoxy) is 1. The zero-order valence-corrected chi connectivity index (χ0v) is 12.2. The van der Waals surface area contributed by atoms with Gasteiger partial charge < -0.3 is 9.84 Å². The first-order valence-corrected chi connectivity index (χ1v) is 6.33. The molecule has 0 spiro atoms. The molecule has 0 fully saturated rings. The van der Waals surface area contributed by atoms with Crippen molar-refractivity contribution in [3.8, 4) is 5.75 Å². The highest BCUT2D eigenvalue weighted by Crippen LogP contribution is 2.24. The van der Waals surface area contributed by atoms with E-state index in [4.69, 9.17) is 4.74 Å². The van der Waals surface area contributed by atoms with E-state index < -0.39 is 11.5 Å². The van der Waals surface area contributed by atoms with E-state index in [0.717, 1.165) is 22.6 Å². The highest BCUT2D eigenvalue weighted by Gasteiger charge is 2.30. The monoisotopic (exact) mass is 266 g/mol. The fourth-order valence-corrected chi connectivity index (χ4v) is 1.88. The largest absolute Gasteiger partial charge is 0.496 e. The molecule has 0 saturated carbocycles. The van der Waals surface area contributed by atoms with Crippen molar-refractivity contribution in [2.45, 2.75) is 46.2 Å². The first kappa shape index (κ1) is 15.4. The number of hydrogen-bond acceptors (Lipinski definition) is 4. The lowest BCUT2D eigenvalue weighted by molar-refractivity contribution is -0.144. The summed E-state index contributed by atoms with van der Waals surface area (Å²) in [5.74, 6) is -0.0490. The van der Waals surface area contributed by atoms with E-state index in [-0.39, 0.29) is 0 Å². The maximum absolute atomic E-state index is 11.2. The van der Waals surface area contributed by atoms with Crippen molar-refractivity contribution in [3.05, 3.63) is 23.0 Å². The molecule has 0 aliphatic rings. The predicted octanol–water partition coefficient (Wildman–Crippen LogP) is 2.05. The Morgan fingerprint density at radius 1 is 1.53 bits per heavy atom. The van der Waals surface area contributed by atoms with Crippen LogP contribution in [0.25, 0.3) is 0 Å². The minimum absolute atomic E-state index is 0.402. The predicted molar refractivity (Wildman–Crippen MR) is 73.4 cm³/mol. The van der Waals surface area contributed by atoms with Crippen LogP contribution in [0.2, 0.25) is 0 Å². The third kappa shape index (κ3) is 3.23. The molecular formula is C14H22N2O3. The molecule has 0 bridgehead atoms. The van der Waals surface area contributed by atoms with Gasteiger partial charge in [0, 0.05) is 23.9 Å². The van der Waals surface area contributed by atoms with Gasteiger partial charge in [0.05, 0.1) is 12.8 Å². The van der Waals surface area contributed by atoms with Gasteiger partial charge in [-0.2, -0.15) is 0 Å². The van der Waals surface area contributed by atoms with E-state index in [0.29, 0.717) is 13.0 Å². The summed E-state index contributed by atoms with van der Waals surface area (Å²) >= 11 is 0. The summed E-state index contributed by atoms with van der Waals surface area (Å²) in [4.78, 5) is 15.6. The molecule has 1 heterocycles. The normalized spacial score (nSPS) is 13.9. The van der Waals surface area contributed by atoms with E-state index in [9.17, 15) is 9.90 Å². The summed E-state index contributed by atoms with van der Waals surface area (Å²) in [6, 6.07) is 0. The van der Waals surface area contributed by atoms with Crippen molar-refractivity contribution in [1.82, 2.24) is 10.3 Å². The van der Waals surface area contributed by atoms with Crippen LogP contribution < -0.4 is 10.1 Å². The van der Waals surface area contributed by atoms with Gasteiger partial charge in [0.1, 0.15) is 11.3 Å². The third-order valence-electron chi connectivity index (χ3n) is 3.57. The molecule has 19 heavy (non-hydrogen) atoms. The quantitative estimate of drug-likeness (QED) is 0.824. The molecule has 1 unspecified atom stereocenters. The Hall–Kier alpha value is -1.62. The van der Waals surface area contributed by atoms with Crippen molar-refractivity contribution in [3.63, 3.8) is 0 Å². The second-order valence-electron chi connectivity index (χ2n) is 4.89. The van der Waals surface area contributed by atoms with Crippen molar-refractivity contribution in [2.24, 2.45) is 0 Å². The van der Waals surface area contributed by atoms with Crippen LogP contribution in [0, 0.1) is 13.8 Å². The summed E-state index contributed by atoms with van der Waals surface area (Å²) in [6.45, 7) is 7.79. The Kier molecular flexibility index (Phi) is 4.89. The van der Waals surface area contributed by atoms with Gasteiger partial charge in [0.2, 0.25) is 0 Å². The second kappa shape index (κ2) is 6.02. The first-order valence-electron chi connectivity index (χ1n) is 6.33. The molecule has 5 heteroatoms. The average Bonchev–Trinajstić information content (AvgIpc) is 2.37. The number of aliphatic carboxylic acids is 1. The lowest BCUT2D eigenvalue weighted by Crippen LogP contribution is -2.48. The van der Waals surface area contributed by atoms with E-state index in [1.54, 1.807) is 20.2 Å². The van der Waals surface area contributed by atoms with Gasteiger partial charge in [-0.15, -0.1) is 0 Å². The zero-order valence-electron chi connectivity index (χ0n) is 12.2. The summed E-state index contributed by atoms with van der Waals surface area (Å²) < 4.78 is 5.34. The molecule has 0 aliphatic heterocycles. The van der Waals surface area contributed by atoms with Crippen LogP contribution >= 0.6 is 0 Å². The minimum atomic E-state index is -0.938. The maximum atomic E-state index is 11.2. The number of aryl methyl sites for hydroxylation is 1. The number of pyridine rings is 1. The molecule has 5 nitrogen and oxygen atoms in total. The topological polar surface area (TPSA) is 71.5 Å². The van der Waals surface area contributed by atoms with Crippen LogP contribution in [0.3, 0.4) is 0 Å². The van der Waals surface area contributed by atoms with Crippen LogP contribution in [-0.2, 0) is 11.3 Å². The van der Waals surface area contributed by atoms with Crippen molar-refractivity contribution < 1.29 is 14.6 Å². The highest BCUT2D eigenvalue weighted by atomic mass is 16.5. The second-order valence-corrected chi connectivity index (χ2v) is 4.89. The molecular weight excluding hydrogens is 244 g/mol. The Bertz CT molecular complexity index is 474. The number of carbonyl (C=O) groups is 1. The number of nitrogens with one attached hydrogen (secondary N) is 1. The number of carboxylic acids is 1. The fraction of sp³-hybridized carbons (Fsp3) is 0.571. The Morgan fingerprint density at radius 2 is 2.16 bits per heavy atom. The van der Waals surface area contributed by atoms with Gasteiger partial charge in [0.25, 0.3) is 0 Å². The average molecular weight is 266 g/mol. The van der Waals surface area contributed by atoms with Gasteiger partial charge in [-0.3, -0.25) is 15.1 Å². The van der Waals surface area contributed by atoms with Gasteiger partial charge in [0.15, 0.2) is 0 Å². The highest BCUT2D eigenvalue weighted by molar-refractivity contribution is 5.78. The van der Waals surface area contributed by atoms with Crippen LogP contribution in [-0.4, -0.2) is 28.7 Å². The van der Waals surface area contributed by atoms with Gasteiger partial charge in [-0.25, -0.2) is 0 Å². The third-order valence-corrected chi connectivity index (χ3v) is 3.57. The molecule has 0 saturated heterocycles. The van der Waals surface area contributed by atoms with E-state index in [1.165, 1.54) is 0 Å². The molecule has 1 aromatic rings. The lowest BCUT2D eigenvalue weighted by atomic mass is 9.99. The number of nitrogens with zero attached hydrogens (tertiary/aromatic N) is 1. The van der Waals surface area contributed by atoms with Crippen molar-refractivity contribution >= 4 is 5.97 Å². The number of methoxy groups -OCH3 is 1. The fourth-order valence-electron chi connectivity index (χ4n) is 1.88. The van der Waals surface area contributed by atoms with Crippen molar-refractivity contribution in [2.75, 3.05) is 7.11 Å². The van der Waals surface area contributed by atoms with Gasteiger partial charge >= 0.3 is 5.97 Å². The summed E-state index contributed by atoms with van der Waals surface area (Å²) in [5, 5.41) is 12.3. The molecule has 106 valence electrons. The number of carboxylic acid groups (broad SMARTS) is 1. The molecule has 0 aromatic carbocycles. The lowest BCUT2D eigenvalue weighted by Gasteiger charge is -2.25. The molecule has 2 N–H and O–H groups in total. The molecule has 0 amide bonds. The van der Waals surface area contributed by atoms with Crippen molar-refractivity contribution in [1.29, 1.82) is 0 Å². The first-order chi connectivity index (χ1) is 8.85. The van der Waals surface area contributed by atoms with E-state index in [1.807, 2.05) is 20.8 Å². The van der Waals surface area contributed by atoms with Gasteiger partial charge in [-0.05, 0) is 27.2 Å².